The molecule has 1 aromatic heterocycles. The first-order valence-corrected chi connectivity index (χ1v) is 6.41. The van der Waals surface area contributed by atoms with Crippen LogP contribution in [0, 0.1) is 0 Å². The van der Waals surface area contributed by atoms with Gasteiger partial charge in [-0.15, -0.1) is 0 Å². The molecule has 1 amide bonds. The van der Waals surface area contributed by atoms with E-state index in [1.54, 1.807) is 12.1 Å². The molecule has 0 bridgehead atoms. The topological polar surface area (TPSA) is 62.2 Å². The van der Waals surface area contributed by atoms with Crippen LogP contribution in [-0.2, 0) is 6.18 Å². The summed E-state index contributed by atoms with van der Waals surface area (Å²) < 4.78 is 37.3. The Morgan fingerprint density at radius 2 is 1.91 bits per heavy atom. The van der Waals surface area contributed by atoms with Crippen molar-refractivity contribution in [2.75, 3.05) is 6.54 Å². The molecule has 0 aliphatic carbocycles. The Balaban J connectivity index is 1.95. The maximum absolute atomic E-state index is 12.4. The SMILES string of the molecule is O=C(NCC(O)c1ccc(C(F)(F)F)cc1)c1cccnc1. The minimum atomic E-state index is -4.42. The maximum Gasteiger partial charge on any atom is 0.416 e. The van der Waals surface area contributed by atoms with E-state index in [4.69, 9.17) is 0 Å². The zero-order chi connectivity index (χ0) is 16.2. The molecule has 0 spiro atoms. The molecule has 0 saturated heterocycles. The molecule has 116 valence electrons. The Hall–Kier alpha value is -2.41. The molecule has 22 heavy (non-hydrogen) atoms. The highest BCUT2D eigenvalue weighted by molar-refractivity contribution is 5.93. The minimum absolute atomic E-state index is 0.112. The molecule has 0 saturated carbocycles. The molecule has 0 aliphatic rings. The van der Waals surface area contributed by atoms with E-state index >= 15 is 0 Å². The summed E-state index contributed by atoms with van der Waals surface area (Å²) in [6.07, 6.45) is -2.62. The van der Waals surface area contributed by atoms with Crippen molar-refractivity contribution in [2.24, 2.45) is 0 Å². The van der Waals surface area contributed by atoms with E-state index in [0.717, 1.165) is 12.1 Å². The summed E-state index contributed by atoms with van der Waals surface area (Å²) in [7, 11) is 0. The maximum atomic E-state index is 12.4. The van der Waals surface area contributed by atoms with Gasteiger partial charge in [0.2, 0.25) is 0 Å². The van der Waals surface area contributed by atoms with Gasteiger partial charge in [0.25, 0.3) is 5.91 Å². The number of benzene rings is 1. The van der Waals surface area contributed by atoms with Crippen molar-refractivity contribution in [3.63, 3.8) is 0 Å². The fraction of sp³-hybridized carbons (Fsp3) is 0.200. The van der Waals surface area contributed by atoms with Crippen LogP contribution >= 0.6 is 0 Å². The van der Waals surface area contributed by atoms with Crippen LogP contribution in [0.25, 0.3) is 0 Å². The first-order chi connectivity index (χ1) is 10.4. The number of pyridine rings is 1. The van der Waals surface area contributed by atoms with Gasteiger partial charge in [-0.05, 0) is 29.8 Å². The monoisotopic (exact) mass is 310 g/mol. The van der Waals surface area contributed by atoms with Crippen molar-refractivity contribution in [3.8, 4) is 0 Å². The van der Waals surface area contributed by atoms with E-state index in [1.807, 2.05) is 0 Å². The number of aliphatic hydroxyl groups is 1. The predicted molar refractivity (Wildman–Crippen MR) is 73.0 cm³/mol. The Labute approximate surface area is 124 Å². The largest absolute Gasteiger partial charge is 0.416 e. The van der Waals surface area contributed by atoms with Crippen molar-refractivity contribution < 1.29 is 23.1 Å². The molecule has 0 fully saturated rings. The number of rotatable bonds is 4. The summed E-state index contributed by atoms with van der Waals surface area (Å²) >= 11 is 0. The standard InChI is InChI=1S/C15H13F3N2O2/c16-15(17,18)12-5-3-10(4-6-12)13(21)9-20-14(22)11-2-1-7-19-8-11/h1-8,13,21H,9H2,(H,20,22). The van der Waals surface area contributed by atoms with Crippen molar-refractivity contribution >= 4 is 5.91 Å². The van der Waals surface area contributed by atoms with Gasteiger partial charge in [-0.2, -0.15) is 13.2 Å². The number of halogens is 3. The van der Waals surface area contributed by atoms with Crippen LogP contribution in [0.3, 0.4) is 0 Å². The number of nitrogens with zero attached hydrogens (tertiary/aromatic N) is 1. The Kier molecular flexibility index (Phi) is 4.77. The molecule has 0 aliphatic heterocycles. The molecule has 2 aromatic rings. The number of carbonyl (C=O) groups excluding carboxylic acids is 1. The van der Waals surface area contributed by atoms with Gasteiger partial charge in [-0.3, -0.25) is 9.78 Å². The van der Waals surface area contributed by atoms with Gasteiger partial charge in [0.1, 0.15) is 0 Å². The zero-order valence-corrected chi connectivity index (χ0v) is 11.3. The molecule has 1 heterocycles. The van der Waals surface area contributed by atoms with E-state index in [2.05, 4.69) is 10.3 Å². The fourth-order valence-electron chi connectivity index (χ4n) is 1.80. The highest BCUT2D eigenvalue weighted by Crippen LogP contribution is 2.29. The smallest absolute Gasteiger partial charge is 0.387 e. The molecular formula is C15H13F3N2O2. The third-order valence-electron chi connectivity index (χ3n) is 3.00. The van der Waals surface area contributed by atoms with Crippen molar-refractivity contribution in [3.05, 3.63) is 65.5 Å². The number of alkyl halides is 3. The second-order valence-corrected chi connectivity index (χ2v) is 4.59. The van der Waals surface area contributed by atoms with E-state index in [9.17, 15) is 23.1 Å². The molecular weight excluding hydrogens is 297 g/mol. The number of hydrogen-bond acceptors (Lipinski definition) is 3. The lowest BCUT2D eigenvalue weighted by Gasteiger charge is -2.13. The summed E-state index contributed by atoms with van der Waals surface area (Å²) in [6.45, 7) is -0.112. The Bertz CT molecular complexity index is 627. The van der Waals surface area contributed by atoms with Crippen LogP contribution in [0.1, 0.15) is 27.6 Å². The lowest BCUT2D eigenvalue weighted by Crippen LogP contribution is -2.28. The molecule has 1 atom stereocenters. The van der Waals surface area contributed by atoms with Crippen molar-refractivity contribution in [1.29, 1.82) is 0 Å². The first-order valence-electron chi connectivity index (χ1n) is 6.41. The molecule has 1 aromatic carbocycles. The summed E-state index contributed by atoms with van der Waals surface area (Å²) in [6, 6.07) is 7.31. The highest BCUT2D eigenvalue weighted by atomic mass is 19.4. The van der Waals surface area contributed by atoms with Crippen LogP contribution in [0.5, 0.6) is 0 Å². The zero-order valence-electron chi connectivity index (χ0n) is 11.3. The van der Waals surface area contributed by atoms with E-state index in [0.29, 0.717) is 11.1 Å². The number of amides is 1. The summed E-state index contributed by atoms with van der Waals surface area (Å²) in [5.74, 6) is -0.418. The molecule has 2 rings (SSSR count). The van der Waals surface area contributed by atoms with E-state index in [1.165, 1.54) is 24.5 Å². The van der Waals surface area contributed by atoms with Gasteiger partial charge >= 0.3 is 6.18 Å². The average Bonchev–Trinajstić information content (AvgIpc) is 2.52. The number of nitrogens with one attached hydrogen (secondary N) is 1. The summed E-state index contributed by atoms with van der Waals surface area (Å²) in [5, 5.41) is 12.4. The molecule has 7 heteroatoms. The average molecular weight is 310 g/mol. The van der Waals surface area contributed by atoms with Crippen LogP contribution in [-0.4, -0.2) is 22.5 Å². The lowest BCUT2D eigenvalue weighted by atomic mass is 10.1. The fourth-order valence-corrected chi connectivity index (χ4v) is 1.80. The second-order valence-electron chi connectivity index (χ2n) is 4.59. The minimum Gasteiger partial charge on any atom is -0.387 e. The highest BCUT2D eigenvalue weighted by Gasteiger charge is 2.30. The predicted octanol–water partition coefficient (Wildman–Crippen LogP) is 2.56. The third kappa shape index (κ3) is 4.05. The number of carbonyl (C=O) groups is 1. The van der Waals surface area contributed by atoms with Crippen molar-refractivity contribution in [2.45, 2.75) is 12.3 Å². The second kappa shape index (κ2) is 6.57. The van der Waals surface area contributed by atoms with Crippen LogP contribution in [0.2, 0.25) is 0 Å². The van der Waals surface area contributed by atoms with Gasteiger partial charge in [0.05, 0.1) is 17.2 Å². The number of hydrogen-bond donors (Lipinski definition) is 2. The molecule has 2 N–H and O–H groups in total. The summed E-state index contributed by atoms with van der Waals surface area (Å²) in [5.41, 5.74) is -0.163. The third-order valence-corrected chi connectivity index (χ3v) is 3.00. The summed E-state index contributed by atoms with van der Waals surface area (Å²) in [4.78, 5) is 15.5. The normalized spacial score (nSPS) is 12.7. The van der Waals surface area contributed by atoms with Gasteiger partial charge in [0.15, 0.2) is 0 Å². The van der Waals surface area contributed by atoms with Gasteiger partial charge < -0.3 is 10.4 Å². The van der Waals surface area contributed by atoms with Gasteiger partial charge in [-0.1, -0.05) is 12.1 Å². The molecule has 4 nitrogen and oxygen atoms in total. The lowest BCUT2D eigenvalue weighted by molar-refractivity contribution is -0.137. The van der Waals surface area contributed by atoms with Crippen LogP contribution in [0.15, 0.2) is 48.8 Å². The van der Waals surface area contributed by atoms with Gasteiger partial charge in [0, 0.05) is 18.9 Å². The van der Waals surface area contributed by atoms with E-state index < -0.39 is 23.8 Å². The molecule has 1 unspecified atom stereocenters. The Morgan fingerprint density at radius 1 is 1.23 bits per heavy atom. The van der Waals surface area contributed by atoms with Crippen molar-refractivity contribution in [1.82, 2.24) is 10.3 Å². The van der Waals surface area contributed by atoms with Gasteiger partial charge in [-0.25, -0.2) is 0 Å². The van der Waals surface area contributed by atoms with Crippen LogP contribution < -0.4 is 5.32 Å². The first kappa shape index (κ1) is 16.0. The quantitative estimate of drug-likeness (QED) is 0.912. The molecule has 0 radical (unpaired) electrons. The number of aromatic nitrogens is 1. The van der Waals surface area contributed by atoms with E-state index in [-0.39, 0.29) is 6.54 Å². The van der Waals surface area contributed by atoms with Crippen LogP contribution in [0.4, 0.5) is 13.2 Å². The Morgan fingerprint density at radius 3 is 2.45 bits per heavy atom. The number of aliphatic hydroxyl groups excluding tert-OH is 1.